The number of hydrogen-bond acceptors (Lipinski definition) is 6. The third kappa shape index (κ3) is 2.04. The summed E-state index contributed by atoms with van der Waals surface area (Å²) in [5.74, 6) is 2.28. The van der Waals surface area contributed by atoms with E-state index < -0.39 is 0 Å². The van der Waals surface area contributed by atoms with Crippen molar-refractivity contribution >= 4 is 11.0 Å². The van der Waals surface area contributed by atoms with E-state index >= 15 is 0 Å². The number of aryl methyl sites for hydroxylation is 1. The average molecular weight is 272 g/mol. The van der Waals surface area contributed by atoms with Crippen molar-refractivity contribution in [1.29, 1.82) is 0 Å². The van der Waals surface area contributed by atoms with Gasteiger partial charge in [0, 0.05) is 6.92 Å². The van der Waals surface area contributed by atoms with E-state index in [-0.39, 0.29) is 6.10 Å². The second-order valence-corrected chi connectivity index (χ2v) is 4.68. The Morgan fingerprint density at radius 3 is 3.05 bits per heavy atom. The Labute approximate surface area is 114 Å². The predicted molar refractivity (Wildman–Crippen MR) is 69.5 cm³/mol. The SMILES string of the molecule is Cc1nc(-c2cc3c(OC[C@@H]4CO4)cccc3o2)no1. The molecule has 0 saturated carbocycles. The Kier molecular flexibility index (Phi) is 2.50. The summed E-state index contributed by atoms with van der Waals surface area (Å²) in [5, 5.41) is 4.75. The number of nitrogens with zero attached hydrogens (tertiary/aromatic N) is 2. The van der Waals surface area contributed by atoms with Crippen LogP contribution < -0.4 is 4.74 Å². The molecule has 3 aromatic rings. The van der Waals surface area contributed by atoms with E-state index in [0.717, 1.165) is 23.3 Å². The average Bonchev–Trinajstić information content (AvgIpc) is 3.00. The van der Waals surface area contributed by atoms with Gasteiger partial charge >= 0.3 is 0 Å². The molecule has 0 spiro atoms. The van der Waals surface area contributed by atoms with Gasteiger partial charge in [0.2, 0.25) is 11.7 Å². The summed E-state index contributed by atoms with van der Waals surface area (Å²) in [5.41, 5.74) is 0.733. The first kappa shape index (κ1) is 11.5. The first-order valence-electron chi connectivity index (χ1n) is 6.37. The van der Waals surface area contributed by atoms with Crippen LogP contribution in [0.25, 0.3) is 22.6 Å². The third-order valence-corrected chi connectivity index (χ3v) is 3.10. The molecule has 0 unspecified atom stereocenters. The highest BCUT2D eigenvalue weighted by molar-refractivity contribution is 5.87. The van der Waals surface area contributed by atoms with Gasteiger partial charge in [-0.1, -0.05) is 11.2 Å². The second-order valence-electron chi connectivity index (χ2n) is 4.68. The maximum atomic E-state index is 5.75. The monoisotopic (exact) mass is 272 g/mol. The Morgan fingerprint density at radius 2 is 2.30 bits per heavy atom. The molecule has 1 aliphatic heterocycles. The summed E-state index contributed by atoms with van der Waals surface area (Å²) in [6.45, 7) is 3.07. The van der Waals surface area contributed by atoms with Crippen molar-refractivity contribution in [2.75, 3.05) is 13.2 Å². The van der Waals surface area contributed by atoms with Crippen LogP contribution in [0.3, 0.4) is 0 Å². The number of ether oxygens (including phenoxy) is 2. The Morgan fingerprint density at radius 1 is 1.40 bits per heavy atom. The lowest BCUT2D eigenvalue weighted by Gasteiger charge is -2.04. The van der Waals surface area contributed by atoms with Crippen LogP contribution in [-0.4, -0.2) is 29.5 Å². The van der Waals surface area contributed by atoms with Gasteiger partial charge in [0.25, 0.3) is 0 Å². The van der Waals surface area contributed by atoms with Crippen LogP contribution in [0.15, 0.2) is 33.2 Å². The van der Waals surface area contributed by atoms with E-state index in [2.05, 4.69) is 10.1 Å². The molecule has 6 heteroatoms. The van der Waals surface area contributed by atoms with Gasteiger partial charge in [-0.2, -0.15) is 4.98 Å². The maximum absolute atomic E-state index is 5.75. The number of fused-ring (bicyclic) bond motifs is 1. The molecule has 2 aromatic heterocycles. The lowest BCUT2D eigenvalue weighted by atomic mass is 10.2. The minimum Gasteiger partial charge on any atom is -0.490 e. The summed E-state index contributed by atoms with van der Waals surface area (Å²) in [6.07, 6.45) is 0.219. The van der Waals surface area contributed by atoms with Crippen LogP contribution >= 0.6 is 0 Å². The van der Waals surface area contributed by atoms with E-state index in [1.54, 1.807) is 6.92 Å². The Hall–Kier alpha value is -2.34. The first-order valence-corrected chi connectivity index (χ1v) is 6.37. The summed E-state index contributed by atoms with van der Waals surface area (Å²) < 4.78 is 21.6. The van der Waals surface area contributed by atoms with Crippen LogP contribution in [0.2, 0.25) is 0 Å². The van der Waals surface area contributed by atoms with Crippen molar-refractivity contribution < 1.29 is 18.4 Å². The summed E-state index contributed by atoms with van der Waals surface area (Å²) >= 11 is 0. The van der Waals surface area contributed by atoms with Crippen molar-refractivity contribution in [3.63, 3.8) is 0 Å². The molecule has 0 radical (unpaired) electrons. The molecular formula is C14H12N2O4. The molecule has 20 heavy (non-hydrogen) atoms. The molecule has 0 amide bonds. The van der Waals surface area contributed by atoms with Gasteiger partial charge in [-0.15, -0.1) is 0 Å². The molecule has 4 rings (SSSR count). The van der Waals surface area contributed by atoms with Crippen molar-refractivity contribution in [3.05, 3.63) is 30.2 Å². The molecule has 0 aliphatic carbocycles. The lowest BCUT2D eigenvalue weighted by Crippen LogP contribution is -2.03. The van der Waals surface area contributed by atoms with Gasteiger partial charge in [-0.3, -0.25) is 0 Å². The fraction of sp³-hybridized carbons (Fsp3) is 0.286. The minimum atomic E-state index is 0.219. The fourth-order valence-corrected chi connectivity index (χ4v) is 2.02. The van der Waals surface area contributed by atoms with Gasteiger partial charge in [-0.25, -0.2) is 0 Å². The van der Waals surface area contributed by atoms with Crippen LogP contribution in [0.1, 0.15) is 5.89 Å². The first-order chi connectivity index (χ1) is 9.79. The quantitative estimate of drug-likeness (QED) is 0.679. The summed E-state index contributed by atoms with van der Waals surface area (Å²) in [4.78, 5) is 4.16. The second kappa shape index (κ2) is 4.35. The smallest absolute Gasteiger partial charge is 0.238 e. The molecule has 6 nitrogen and oxygen atoms in total. The van der Waals surface area contributed by atoms with Crippen molar-refractivity contribution in [2.45, 2.75) is 13.0 Å². The van der Waals surface area contributed by atoms with Crippen LogP contribution in [0.5, 0.6) is 5.75 Å². The van der Waals surface area contributed by atoms with Crippen molar-refractivity contribution in [3.8, 4) is 17.3 Å². The molecule has 0 N–H and O–H groups in total. The lowest BCUT2D eigenvalue weighted by molar-refractivity contribution is 0.265. The zero-order chi connectivity index (χ0) is 13.5. The van der Waals surface area contributed by atoms with Gasteiger partial charge in [-0.05, 0) is 18.2 Å². The van der Waals surface area contributed by atoms with Crippen LogP contribution in [-0.2, 0) is 4.74 Å². The van der Waals surface area contributed by atoms with E-state index in [1.165, 1.54) is 0 Å². The molecule has 3 heterocycles. The van der Waals surface area contributed by atoms with Crippen LogP contribution in [0.4, 0.5) is 0 Å². The fourth-order valence-electron chi connectivity index (χ4n) is 2.02. The summed E-state index contributed by atoms with van der Waals surface area (Å²) in [7, 11) is 0. The van der Waals surface area contributed by atoms with Gasteiger partial charge in [0.15, 0.2) is 5.76 Å². The highest BCUT2D eigenvalue weighted by atomic mass is 16.6. The number of rotatable bonds is 4. The third-order valence-electron chi connectivity index (χ3n) is 3.10. The van der Waals surface area contributed by atoms with E-state index in [4.69, 9.17) is 18.4 Å². The van der Waals surface area contributed by atoms with Crippen molar-refractivity contribution in [1.82, 2.24) is 10.1 Å². The van der Waals surface area contributed by atoms with Gasteiger partial charge in [0.1, 0.15) is 24.0 Å². The van der Waals surface area contributed by atoms with Crippen molar-refractivity contribution in [2.24, 2.45) is 0 Å². The largest absolute Gasteiger partial charge is 0.490 e. The maximum Gasteiger partial charge on any atom is 0.238 e. The summed E-state index contributed by atoms with van der Waals surface area (Å²) in [6, 6.07) is 7.54. The number of hydrogen-bond donors (Lipinski definition) is 0. The number of aromatic nitrogens is 2. The molecule has 1 fully saturated rings. The molecular weight excluding hydrogens is 260 g/mol. The van der Waals surface area contributed by atoms with Gasteiger partial charge in [0.05, 0.1) is 12.0 Å². The number of epoxide rings is 1. The number of benzene rings is 1. The molecule has 1 aromatic carbocycles. The molecule has 1 saturated heterocycles. The predicted octanol–water partition coefficient (Wildman–Crippen LogP) is 2.57. The minimum absolute atomic E-state index is 0.219. The standard InChI is InChI=1S/C14H12N2O4/c1-8-15-14(16-20-8)13-5-10-11(18-7-9-6-17-9)3-2-4-12(10)19-13/h2-5,9H,6-7H2,1H3/t9-/m0/s1. The van der Waals surface area contributed by atoms with E-state index in [0.29, 0.717) is 24.1 Å². The zero-order valence-electron chi connectivity index (χ0n) is 10.8. The topological polar surface area (TPSA) is 73.8 Å². The Balaban J connectivity index is 1.72. The molecule has 1 aliphatic rings. The Bertz CT molecular complexity index is 757. The molecule has 1 atom stereocenters. The number of furan rings is 1. The molecule has 102 valence electrons. The highest BCUT2D eigenvalue weighted by Crippen LogP contribution is 2.32. The van der Waals surface area contributed by atoms with Crippen LogP contribution in [0, 0.1) is 6.92 Å². The van der Waals surface area contributed by atoms with E-state index in [1.807, 2.05) is 24.3 Å². The molecule has 0 bridgehead atoms. The highest BCUT2D eigenvalue weighted by Gasteiger charge is 2.23. The van der Waals surface area contributed by atoms with Gasteiger partial charge < -0.3 is 18.4 Å². The zero-order valence-corrected chi connectivity index (χ0v) is 10.8. The van der Waals surface area contributed by atoms with E-state index in [9.17, 15) is 0 Å². The normalized spacial score (nSPS) is 17.6.